The summed E-state index contributed by atoms with van der Waals surface area (Å²) in [6.07, 6.45) is 1.66. The van der Waals surface area contributed by atoms with Gasteiger partial charge in [0.1, 0.15) is 6.04 Å². The van der Waals surface area contributed by atoms with Crippen LogP contribution in [0, 0.1) is 0 Å². The standard InChI is InChI=1S/C11H14N6O3/c1-15-6-4-17(11(15)19)9(7(14-20)10(12)18)8-5(6)3-13-16(8)2/h3,6,9,20H,4H2,1-2H3,(H2,12,18)/b14-7-/t6-,9+/m0/s1. The van der Waals surface area contributed by atoms with Crippen LogP contribution in [-0.2, 0) is 11.8 Å². The van der Waals surface area contributed by atoms with Crippen molar-refractivity contribution in [3.63, 3.8) is 0 Å². The molecule has 106 valence electrons. The fourth-order valence-electron chi connectivity index (χ4n) is 2.96. The first-order valence-corrected chi connectivity index (χ1v) is 6.04. The first-order valence-electron chi connectivity index (χ1n) is 6.04. The maximum Gasteiger partial charge on any atom is 0.321 e. The number of carbonyl (C=O) groups is 2. The summed E-state index contributed by atoms with van der Waals surface area (Å²) in [6, 6.07) is -1.16. The van der Waals surface area contributed by atoms with E-state index in [2.05, 4.69) is 10.3 Å². The monoisotopic (exact) mass is 278 g/mol. The number of amides is 3. The van der Waals surface area contributed by atoms with Gasteiger partial charge in [-0.05, 0) is 0 Å². The van der Waals surface area contributed by atoms with Crippen molar-refractivity contribution >= 4 is 17.6 Å². The van der Waals surface area contributed by atoms with Crippen LogP contribution in [-0.4, -0.2) is 56.0 Å². The van der Waals surface area contributed by atoms with Crippen LogP contribution in [0.2, 0.25) is 0 Å². The molecule has 0 saturated carbocycles. The molecular weight excluding hydrogens is 264 g/mol. The lowest BCUT2D eigenvalue weighted by Gasteiger charge is -2.30. The first kappa shape index (κ1) is 12.5. The summed E-state index contributed by atoms with van der Waals surface area (Å²) in [5.74, 6) is -0.870. The van der Waals surface area contributed by atoms with E-state index in [1.807, 2.05) is 0 Å². The summed E-state index contributed by atoms with van der Waals surface area (Å²) < 4.78 is 1.57. The molecule has 9 nitrogen and oxygen atoms in total. The fraction of sp³-hybridized carbons (Fsp3) is 0.455. The molecule has 9 heteroatoms. The second-order valence-electron chi connectivity index (χ2n) is 4.92. The van der Waals surface area contributed by atoms with Crippen molar-refractivity contribution in [2.24, 2.45) is 17.9 Å². The number of nitrogens with zero attached hydrogens (tertiary/aromatic N) is 5. The van der Waals surface area contributed by atoms with E-state index >= 15 is 0 Å². The molecule has 0 radical (unpaired) electrons. The lowest BCUT2D eigenvalue weighted by molar-refractivity contribution is -0.112. The predicted molar refractivity (Wildman–Crippen MR) is 67.0 cm³/mol. The molecule has 3 N–H and O–H groups in total. The zero-order chi connectivity index (χ0) is 14.6. The maximum atomic E-state index is 12.3. The summed E-state index contributed by atoms with van der Waals surface area (Å²) >= 11 is 0. The normalized spacial score (nSPS) is 25.1. The number of fused-ring (bicyclic) bond motifs is 4. The predicted octanol–water partition coefficient (Wildman–Crippen LogP) is -0.801. The smallest absolute Gasteiger partial charge is 0.321 e. The second-order valence-corrected chi connectivity index (χ2v) is 4.92. The minimum absolute atomic E-state index is 0.115. The molecule has 1 saturated heterocycles. The zero-order valence-electron chi connectivity index (χ0n) is 11.0. The van der Waals surface area contributed by atoms with Crippen molar-refractivity contribution in [2.45, 2.75) is 12.1 Å². The van der Waals surface area contributed by atoms with E-state index in [1.165, 1.54) is 4.90 Å². The summed E-state index contributed by atoms with van der Waals surface area (Å²) in [5, 5.41) is 16.2. The van der Waals surface area contributed by atoms with Crippen LogP contribution in [0.1, 0.15) is 23.3 Å². The third-order valence-corrected chi connectivity index (χ3v) is 3.95. The Kier molecular flexibility index (Phi) is 2.46. The van der Waals surface area contributed by atoms with Crippen molar-refractivity contribution in [3.05, 3.63) is 17.5 Å². The summed E-state index contributed by atoms with van der Waals surface area (Å²) in [4.78, 5) is 26.8. The summed E-state index contributed by atoms with van der Waals surface area (Å²) in [6.45, 7) is 0.408. The van der Waals surface area contributed by atoms with E-state index in [0.29, 0.717) is 12.2 Å². The Balaban J connectivity index is 2.22. The fourth-order valence-corrected chi connectivity index (χ4v) is 2.96. The van der Waals surface area contributed by atoms with Gasteiger partial charge in [0, 0.05) is 26.2 Å². The second kappa shape index (κ2) is 3.95. The molecule has 0 unspecified atom stereocenters. The average Bonchev–Trinajstić information content (AvgIpc) is 2.89. The van der Waals surface area contributed by atoms with Gasteiger partial charge in [-0.15, -0.1) is 0 Å². The molecule has 1 fully saturated rings. The molecule has 3 heterocycles. The van der Waals surface area contributed by atoms with Gasteiger partial charge in [0.15, 0.2) is 5.71 Å². The Morgan fingerprint density at radius 2 is 2.25 bits per heavy atom. The van der Waals surface area contributed by atoms with Crippen LogP contribution in [0.25, 0.3) is 0 Å². The number of likely N-dealkylation sites (N-methyl/N-ethyl adjacent to an activating group) is 1. The number of oxime groups is 1. The molecular formula is C11H14N6O3. The number of rotatable bonds is 2. The minimum atomic E-state index is -0.870. The van der Waals surface area contributed by atoms with Gasteiger partial charge in [-0.3, -0.25) is 9.48 Å². The lowest BCUT2D eigenvalue weighted by Crippen LogP contribution is -2.43. The number of urea groups is 1. The molecule has 2 aliphatic heterocycles. The van der Waals surface area contributed by atoms with E-state index in [9.17, 15) is 9.59 Å². The number of hydrogen-bond donors (Lipinski definition) is 2. The molecule has 3 rings (SSSR count). The summed E-state index contributed by atoms with van der Waals surface area (Å²) in [7, 11) is 3.39. The molecule has 3 amide bonds. The highest BCUT2D eigenvalue weighted by molar-refractivity contribution is 6.40. The van der Waals surface area contributed by atoms with Gasteiger partial charge in [-0.2, -0.15) is 5.10 Å². The van der Waals surface area contributed by atoms with E-state index in [0.717, 1.165) is 5.56 Å². The number of aryl methyl sites for hydroxylation is 1. The highest BCUT2D eigenvalue weighted by atomic mass is 16.4. The van der Waals surface area contributed by atoms with Crippen LogP contribution < -0.4 is 5.73 Å². The number of nitrogens with two attached hydrogens (primary N) is 1. The van der Waals surface area contributed by atoms with Crippen LogP contribution >= 0.6 is 0 Å². The first-order chi connectivity index (χ1) is 9.47. The van der Waals surface area contributed by atoms with Gasteiger partial charge < -0.3 is 20.7 Å². The van der Waals surface area contributed by atoms with Crippen LogP contribution in [0.4, 0.5) is 4.79 Å². The number of primary amides is 1. The molecule has 0 aromatic carbocycles. The Hall–Kier alpha value is -2.58. The van der Waals surface area contributed by atoms with E-state index in [4.69, 9.17) is 10.9 Å². The van der Waals surface area contributed by atoms with Crippen molar-refractivity contribution in [3.8, 4) is 0 Å². The van der Waals surface area contributed by atoms with Crippen LogP contribution in [0.3, 0.4) is 0 Å². The van der Waals surface area contributed by atoms with Gasteiger partial charge in [0.25, 0.3) is 5.91 Å². The number of aromatic nitrogens is 2. The number of hydrogen-bond acceptors (Lipinski definition) is 5. The van der Waals surface area contributed by atoms with Crippen molar-refractivity contribution in [1.82, 2.24) is 19.6 Å². The molecule has 20 heavy (non-hydrogen) atoms. The molecule has 2 atom stereocenters. The van der Waals surface area contributed by atoms with E-state index in [-0.39, 0.29) is 17.8 Å². The Bertz CT molecular complexity index is 636. The zero-order valence-corrected chi connectivity index (χ0v) is 11.0. The van der Waals surface area contributed by atoms with Crippen molar-refractivity contribution in [2.75, 3.05) is 13.6 Å². The van der Waals surface area contributed by atoms with Gasteiger partial charge >= 0.3 is 6.03 Å². The Labute approximate surface area is 114 Å². The largest absolute Gasteiger partial charge is 0.410 e. The highest BCUT2D eigenvalue weighted by Crippen LogP contribution is 2.43. The molecule has 2 bridgehead atoms. The molecule has 0 aliphatic carbocycles. The molecule has 0 spiro atoms. The van der Waals surface area contributed by atoms with Crippen molar-refractivity contribution < 1.29 is 14.8 Å². The van der Waals surface area contributed by atoms with Crippen LogP contribution in [0.15, 0.2) is 11.4 Å². The molecule has 1 aromatic rings. The van der Waals surface area contributed by atoms with E-state index in [1.54, 1.807) is 29.9 Å². The average molecular weight is 278 g/mol. The lowest BCUT2D eigenvalue weighted by atomic mass is 9.94. The maximum absolute atomic E-state index is 12.3. The Morgan fingerprint density at radius 1 is 1.55 bits per heavy atom. The van der Waals surface area contributed by atoms with Gasteiger partial charge in [0.2, 0.25) is 0 Å². The van der Waals surface area contributed by atoms with Gasteiger partial charge in [-0.1, -0.05) is 5.16 Å². The van der Waals surface area contributed by atoms with Crippen molar-refractivity contribution in [1.29, 1.82) is 0 Å². The molecule has 1 aromatic heterocycles. The SMILES string of the molecule is CN1C(=O)N2C[C@H]1c1cnn(C)c1[C@H]2/C(=N/O)C(N)=O. The van der Waals surface area contributed by atoms with Gasteiger partial charge in [-0.25, -0.2) is 4.79 Å². The van der Waals surface area contributed by atoms with E-state index < -0.39 is 11.9 Å². The third kappa shape index (κ3) is 1.37. The minimum Gasteiger partial charge on any atom is -0.410 e. The van der Waals surface area contributed by atoms with Gasteiger partial charge in [0.05, 0.1) is 17.9 Å². The topological polar surface area (TPSA) is 117 Å². The summed E-state index contributed by atoms with van der Waals surface area (Å²) in [5.41, 5.74) is 6.47. The highest BCUT2D eigenvalue weighted by Gasteiger charge is 2.50. The molecule has 2 aliphatic rings. The Morgan fingerprint density at radius 3 is 2.85 bits per heavy atom. The quantitative estimate of drug-likeness (QED) is 0.418. The third-order valence-electron chi connectivity index (χ3n) is 3.95. The van der Waals surface area contributed by atoms with Crippen LogP contribution in [0.5, 0.6) is 0 Å². The number of carbonyl (C=O) groups excluding carboxylic acids is 2.